The summed E-state index contributed by atoms with van der Waals surface area (Å²) in [5.41, 5.74) is 11.1. The Balaban J connectivity index is 3.32. The molecule has 0 saturated carbocycles. The molecule has 3 nitrogen and oxygen atoms in total. The highest BCUT2D eigenvalue weighted by molar-refractivity contribution is 5.83. The van der Waals surface area contributed by atoms with Gasteiger partial charge < -0.3 is 16.9 Å². The lowest BCUT2D eigenvalue weighted by Crippen LogP contribution is -2.30. The predicted molar refractivity (Wildman–Crippen MR) is 35.0 cm³/mol. The molecule has 3 heteroatoms. The fourth-order valence-corrected chi connectivity index (χ4v) is 0.396. The van der Waals surface area contributed by atoms with Gasteiger partial charge in [0, 0.05) is 11.8 Å². The van der Waals surface area contributed by atoms with E-state index in [1.165, 1.54) is 0 Å². The first kappa shape index (κ1) is 7.59. The van der Waals surface area contributed by atoms with Gasteiger partial charge in [-0.2, -0.15) is 0 Å². The van der Waals surface area contributed by atoms with E-state index in [0.717, 1.165) is 6.42 Å². The second-order valence-corrected chi connectivity index (χ2v) is 1.87. The molecule has 0 aromatic rings. The van der Waals surface area contributed by atoms with Gasteiger partial charge in [-0.3, -0.25) is 0 Å². The summed E-state index contributed by atoms with van der Waals surface area (Å²) < 4.78 is 0. The molecular formula is C5H13N3. The van der Waals surface area contributed by atoms with E-state index in [1.807, 2.05) is 0 Å². The second-order valence-electron chi connectivity index (χ2n) is 1.87. The molecule has 8 heavy (non-hydrogen) atoms. The Hall–Kier alpha value is -0.410. The molecule has 0 saturated heterocycles. The summed E-state index contributed by atoms with van der Waals surface area (Å²) in [6.45, 7) is 2.26. The highest BCUT2D eigenvalue weighted by Crippen LogP contribution is 1.85. The summed E-state index contributed by atoms with van der Waals surface area (Å²) in [6, 6.07) is -0.125. The summed E-state index contributed by atoms with van der Waals surface area (Å²) in [7, 11) is 0. The normalized spacial score (nSPS) is 13.4. The molecule has 0 spiro atoms. The average Bonchev–Trinajstić information content (AvgIpc) is 1.67. The van der Waals surface area contributed by atoms with Crippen molar-refractivity contribution in [3.8, 4) is 0 Å². The van der Waals surface area contributed by atoms with Crippen LogP contribution in [0.5, 0.6) is 0 Å². The van der Waals surface area contributed by atoms with Crippen LogP contribution in [0.3, 0.4) is 0 Å². The SMILES string of the molecule is CC(=N)C(N)CCN. The predicted octanol–water partition coefficient (Wildman–Crippen LogP) is -0.298. The van der Waals surface area contributed by atoms with Gasteiger partial charge in [-0.1, -0.05) is 0 Å². The van der Waals surface area contributed by atoms with Gasteiger partial charge in [-0.25, -0.2) is 0 Å². The van der Waals surface area contributed by atoms with E-state index in [-0.39, 0.29) is 6.04 Å². The van der Waals surface area contributed by atoms with Crippen LogP contribution in [0, 0.1) is 5.41 Å². The van der Waals surface area contributed by atoms with Gasteiger partial charge in [0.1, 0.15) is 0 Å². The van der Waals surface area contributed by atoms with Crippen LogP contribution in [0.15, 0.2) is 0 Å². The summed E-state index contributed by atoms with van der Waals surface area (Å²) in [5, 5.41) is 7.02. The Bertz CT molecular complexity index is 79.7. The largest absolute Gasteiger partial charge is 0.330 e. The number of nitrogens with two attached hydrogens (primary N) is 2. The van der Waals surface area contributed by atoms with Crippen molar-refractivity contribution in [2.75, 3.05) is 6.54 Å². The zero-order chi connectivity index (χ0) is 6.57. The Morgan fingerprint density at radius 2 is 2.25 bits per heavy atom. The fourth-order valence-electron chi connectivity index (χ4n) is 0.396. The monoisotopic (exact) mass is 115 g/mol. The van der Waals surface area contributed by atoms with Gasteiger partial charge in [-0.15, -0.1) is 0 Å². The minimum atomic E-state index is -0.125. The molecule has 0 radical (unpaired) electrons. The van der Waals surface area contributed by atoms with Crippen LogP contribution in [-0.2, 0) is 0 Å². The molecule has 0 aliphatic heterocycles. The van der Waals surface area contributed by atoms with E-state index in [0.29, 0.717) is 12.3 Å². The standard InChI is InChI=1S/C5H13N3/c1-4(7)5(8)2-3-6/h5,7H,2-3,6,8H2,1H3. The lowest BCUT2D eigenvalue weighted by molar-refractivity contribution is 0.755. The van der Waals surface area contributed by atoms with E-state index in [2.05, 4.69) is 0 Å². The van der Waals surface area contributed by atoms with Crippen molar-refractivity contribution in [1.29, 1.82) is 5.41 Å². The maximum absolute atomic E-state index is 7.02. The fraction of sp³-hybridized carbons (Fsp3) is 0.800. The smallest absolute Gasteiger partial charge is 0.0432 e. The lowest BCUT2D eigenvalue weighted by Gasteiger charge is -2.05. The van der Waals surface area contributed by atoms with Crippen LogP contribution in [0.2, 0.25) is 0 Å². The number of rotatable bonds is 3. The molecule has 0 amide bonds. The molecule has 0 aliphatic carbocycles. The van der Waals surface area contributed by atoms with Crippen LogP contribution in [0.25, 0.3) is 0 Å². The van der Waals surface area contributed by atoms with E-state index >= 15 is 0 Å². The highest BCUT2D eigenvalue weighted by atomic mass is 14.7. The van der Waals surface area contributed by atoms with Crippen LogP contribution in [-0.4, -0.2) is 18.3 Å². The van der Waals surface area contributed by atoms with Crippen LogP contribution in [0.1, 0.15) is 13.3 Å². The zero-order valence-electron chi connectivity index (χ0n) is 5.15. The molecule has 0 fully saturated rings. The molecule has 5 N–H and O–H groups in total. The van der Waals surface area contributed by atoms with E-state index in [4.69, 9.17) is 16.9 Å². The zero-order valence-corrected chi connectivity index (χ0v) is 5.15. The summed E-state index contributed by atoms with van der Waals surface area (Å²) in [6.07, 6.45) is 0.718. The van der Waals surface area contributed by atoms with E-state index < -0.39 is 0 Å². The molecule has 1 unspecified atom stereocenters. The van der Waals surface area contributed by atoms with Crippen molar-refractivity contribution in [2.24, 2.45) is 11.5 Å². The van der Waals surface area contributed by atoms with E-state index in [9.17, 15) is 0 Å². The van der Waals surface area contributed by atoms with Gasteiger partial charge in [-0.05, 0) is 19.9 Å². The first-order chi connectivity index (χ1) is 3.68. The van der Waals surface area contributed by atoms with Crippen LogP contribution in [0.4, 0.5) is 0 Å². The van der Waals surface area contributed by atoms with Gasteiger partial charge in [0.2, 0.25) is 0 Å². The third kappa shape index (κ3) is 2.71. The van der Waals surface area contributed by atoms with Gasteiger partial charge in [0.15, 0.2) is 0 Å². The number of hydrogen-bond donors (Lipinski definition) is 3. The van der Waals surface area contributed by atoms with Crippen LogP contribution >= 0.6 is 0 Å². The Labute approximate surface area is 49.6 Å². The maximum Gasteiger partial charge on any atom is 0.0432 e. The average molecular weight is 115 g/mol. The number of hydrogen-bond acceptors (Lipinski definition) is 3. The second kappa shape index (κ2) is 3.57. The van der Waals surface area contributed by atoms with Crippen molar-refractivity contribution in [2.45, 2.75) is 19.4 Å². The molecular weight excluding hydrogens is 102 g/mol. The molecule has 0 aromatic heterocycles. The molecule has 48 valence electrons. The number of nitrogens with one attached hydrogen (secondary N) is 1. The quantitative estimate of drug-likeness (QED) is 0.442. The lowest BCUT2D eigenvalue weighted by atomic mass is 10.1. The van der Waals surface area contributed by atoms with Crippen molar-refractivity contribution < 1.29 is 0 Å². The third-order valence-corrected chi connectivity index (χ3v) is 1.03. The molecule has 0 heterocycles. The Morgan fingerprint density at radius 1 is 1.75 bits per heavy atom. The Morgan fingerprint density at radius 3 is 2.38 bits per heavy atom. The molecule has 0 rings (SSSR count). The summed E-state index contributed by atoms with van der Waals surface area (Å²) in [4.78, 5) is 0. The minimum Gasteiger partial charge on any atom is -0.330 e. The van der Waals surface area contributed by atoms with Crippen molar-refractivity contribution >= 4 is 5.71 Å². The maximum atomic E-state index is 7.02. The van der Waals surface area contributed by atoms with Gasteiger partial charge >= 0.3 is 0 Å². The first-order valence-electron chi connectivity index (χ1n) is 2.69. The molecule has 0 bridgehead atoms. The van der Waals surface area contributed by atoms with Crippen molar-refractivity contribution in [3.05, 3.63) is 0 Å². The Kier molecular flexibility index (Phi) is 3.39. The molecule has 1 atom stereocenters. The topological polar surface area (TPSA) is 75.9 Å². The van der Waals surface area contributed by atoms with Gasteiger partial charge in [0.05, 0.1) is 0 Å². The van der Waals surface area contributed by atoms with Gasteiger partial charge in [0.25, 0.3) is 0 Å². The van der Waals surface area contributed by atoms with Crippen LogP contribution < -0.4 is 11.5 Å². The summed E-state index contributed by atoms with van der Waals surface area (Å²) in [5.74, 6) is 0. The van der Waals surface area contributed by atoms with Crippen molar-refractivity contribution in [3.63, 3.8) is 0 Å². The first-order valence-corrected chi connectivity index (χ1v) is 2.69. The van der Waals surface area contributed by atoms with E-state index in [1.54, 1.807) is 6.92 Å². The molecule has 0 aromatic carbocycles. The third-order valence-electron chi connectivity index (χ3n) is 1.03. The summed E-state index contributed by atoms with van der Waals surface area (Å²) >= 11 is 0. The highest BCUT2D eigenvalue weighted by Gasteiger charge is 2.00. The molecule has 0 aliphatic rings. The minimum absolute atomic E-state index is 0.125. The van der Waals surface area contributed by atoms with Crippen molar-refractivity contribution in [1.82, 2.24) is 0 Å².